The second-order valence-corrected chi connectivity index (χ2v) is 7.53. The number of hydrogen-bond acceptors (Lipinski definition) is 2. The Balaban J connectivity index is 5.09. The van der Waals surface area contributed by atoms with Crippen molar-refractivity contribution in [3.05, 3.63) is 0 Å². The average Bonchev–Trinajstić information content (AvgIpc) is 2.37. The first kappa shape index (κ1) is 19.4. The molecule has 2 unspecified atom stereocenters. The fourth-order valence-electron chi connectivity index (χ4n) is 2.30. The minimum absolute atomic E-state index is 0.106. The van der Waals surface area contributed by atoms with E-state index < -0.39 is 0 Å². The highest BCUT2D eigenvalue weighted by Crippen LogP contribution is 2.31. The lowest BCUT2D eigenvalue weighted by Crippen LogP contribution is -2.56. The summed E-state index contributed by atoms with van der Waals surface area (Å²) >= 11 is 0. The Morgan fingerprint density at radius 1 is 0.950 bits per heavy atom. The average molecular weight is 284 g/mol. The fourth-order valence-corrected chi connectivity index (χ4v) is 2.30. The first-order valence-electron chi connectivity index (χ1n) is 7.96. The van der Waals surface area contributed by atoms with Crippen LogP contribution in [-0.4, -0.2) is 36.0 Å². The van der Waals surface area contributed by atoms with Gasteiger partial charge in [-0.3, -0.25) is 4.79 Å². The molecular weight excluding hydrogens is 248 g/mol. The van der Waals surface area contributed by atoms with Gasteiger partial charge in [0.05, 0.1) is 0 Å². The van der Waals surface area contributed by atoms with Gasteiger partial charge in [0, 0.05) is 16.5 Å². The summed E-state index contributed by atoms with van der Waals surface area (Å²) in [5.74, 6) is 0.168. The third-order valence-corrected chi connectivity index (χ3v) is 5.31. The Morgan fingerprint density at radius 2 is 1.45 bits per heavy atom. The van der Waals surface area contributed by atoms with E-state index in [4.69, 9.17) is 0 Å². The molecule has 20 heavy (non-hydrogen) atoms. The second kappa shape index (κ2) is 6.93. The standard InChI is InChI=1S/C17H36N2O/c1-10-15(4,5)14(20)18-16(6,11-2)13-17(7,12-3)19(8)9/h10-13H2,1-9H3,(H,18,20). The number of nitrogens with one attached hydrogen (secondary N) is 1. The molecule has 1 amide bonds. The van der Waals surface area contributed by atoms with E-state index >= 15 is 0 Å². The molecule has 0 aromatic carbocycles. The minimum atomic E-state index is -0.294. The van der Waals surface area contributed by atoms with Crippen LogP contribution in [0.1, 0.15) is 74.1 Å². The lowest BCUT2D eigenvalue weighted by atomic mass is 9.79. The van der Waals surface area contributed by atoms with Gasteiger partial charge in [-0.05, 0) is 53.6 Å². The van der Waals surface area contributed by atoms with Crippen molar-refractivity contribution in [3.63, 3.8) is 0 Å². The maximum atomic E-state index is 12.5. The van der Waals surface area contributed by atoms with Gasteiger partial charge in [0.2, 0.25) is 5.91 Å². The van der Waals surface area contributed by atoms with E-state index in [2.05, 4.69) is 58.9 Å². The number of hydrogen-bond donors (Lipinski definition) is 1. The van der Waals surface area contributed by atoms with Gasteiger partial charge >= 0.3 is 0 Å². The maximum Gasteiger partial charge on any atom is 0.226 e. The summed E-state index contributed by atoms with van der Waals surface area (Å²) in [7, 11) is 4.24. The first-order valence-corrected chi connectivity index (χ1v) is 7.96. The van der Waals surface area contributed by atoms with Crippen LogP contribution in [0.3, 0.4) is 0 Å². The summed E-state index contributed by atoms with van der Waals surface area (Å²) < 4.78 is 0. The molecule has 2 atom stereocenters. The summed E-state index contributed by atoms with van der Waals surface area (Å²) in [4.78, 5) is 14.8. The summed E-state index contributed by atoms with van der Waals surface area (Å²) in [6, 6.07) is 0. The van der Waals surface area contributed by atoms with Crippen LogP contribution in [-0.2, 0) is 4.79 Å². The van der Waals surface area contributed by atoms with Crippen molar-refractivity contribution in [1.82, 2.24) is 10.2 Å². The van der Waals surface area contributed by atoms with Gasteiger partial charge in [-0.15, -0.1) is 0 Å². The highest BCUT2D eigenvalue weighted by atomic mass is 16.2. The first-order chi connectivity index (χ1) is 8.96. The van der Waals surface area contributed by atoms with E-state index in [9.17, 15) is 4.79 Å². The smallest absolute Gasteiger partial charge is 0.226 e. The number of amides is 1. The lowest BCUT2D eigenvalue weighted by molar-refractivity contribution is -0.131. The predicted octanol–water partition coefficient (Wildman–Crippen LogP) is 3.83. The van der Waals surface area contributed by atoms with E-state index in [-0.39, 0.29) is 22.4 Å². The van der Waals surface area contributed by atoms with E-state index in [1.807, 2.05) is 13.8 Å². The van der Waals surface area contributed by atoms with Gasteiger partial charge in [-0.25, -0.2) is 0 Å². The topological polar surface area (TPSA) is 32.3 Å². The van der Waals surface area contributed by atoms with Crippen LogP contribution in [0, 0.1) is 5.41 Å². The maximum absolute atomic E-state index is 12.5. The Labute approximate surface area is 126 Å². The second-order valence-electron chi connectivity index (χ2n) is 7.53. The van der Waals surface area contributed by atoms with Crippen LogP contribution in [0.2, 0.25) is 0 Å². The molecule has 0 spiro atoms. The molecule has 0 saturated carbocycles. The monoisotopic (exact) mass is 284 g/mol. The Morgan fingerprint density at radius 3 is 1.75 bits per heavy atom. The molecule has 0 aliphatic heterocycles. The van der Waals surface area contributed by atoms with Crippen LogP contribution in [0.4, 0.5) is 0 Å². The molecule has 0 aliphatic rings. The van der Waals surface area contributed by atoms with Crippen molar-refractivity contribution >= 4 is 5.91 Å². The Hall–Kier alpha value is -0.570. The van der Waals surface area contributed by atoms with Crippen LogP contribution in [0.5, 0.6) is 0 Å². The van der Waals surface area contributed by atoms with Crippen molar-refractivity contribution < 1.29 is 4.79 Å². The zero-order valence-corrected chi connectivity index (χ0v) is 15.2. The molecular formula is C17H36N2O. The van der Waals surface area contributed by atoms with Crippen molar-refractivity contribution in [2.45, 2.75) is 85.2 Å². The number of rotatable bonds is 8. The number of carbonyl (C=O) groups is 1. The predicted molar refractivity (Wildman–Crippen MR) is 87.9 cm³/mol. The highest BCUT2D eigenvalue weighted by molar-refractivity contribution is 5.82. The van der Waals surface area contributed by atoms with Gasteiger partial charge in [0.25, 0.3) is 0 Å². The van der Waals surface area contributed by atoms with E-state index in [0.29, 0.717) is 0 Å². The minimum Gasteiger partial charge on any atom is -0.350 e. The molecule has 1 N–H and O–H groups in total. The molecule has 120 valence electrons. The summed E-state index contributed by atoms with van der Waals surface area (Å²) in [6.07, 6.45) is 3.84. The third kappa shape index (κ3) is 4.76. The van der Waals surface area contributed by atoms with Crippen molar-refractivity contribution in [2.75, 3.05) is 14.1 Å². The summed E-state index contributed by atoms with van der Waals surface area (Å²) in [5, 5.41) is 3.31. The van der Waals surface area contributed by atoms with Crippen LogP contribution in [0.25, 0.3) is 0 Å². The van der Waals surface area contributed by atoms with Crippen LogP contribution >= 0.6 is 0 Å². The lowest BCUT2D eigenvalue weighted by Gasteiger charge is -2.44. The molecule has 0 aromatic rings. The molecule has 0 fully saturated rings. The molecule has 0 bridgehead atoms. The largest absolute Gasteiger partial charge is 0.350 e. The van der Waals surface area contributed by atoms with E-state index in [1.165, 1.54) is 0 Å². The van der Waals surface area contributed by atoms with Crippen molar-refractivity contribution in [2.24, 2.45) is 5.41 Å². The van der Waals surface area contributed by atoms with E-state index in [0.717, 1.165) is 25.7 Å². The summed E-state index contributed by atoms with van der Waals surface area (Å²) in [6.45, 7) is 14.9. The molecule has 3 heteroatoms. The van der Waals surface area contributed by atoms with Gasteiger partial charge in [-0.2, -0.15) is 0 Å². The van der Waals surface area contributed by atoms with Gasteiger partial charge < -0.3 is 10.2 Å². The van der Waals surface area contributed by atoms with Crippen LogP contribution in [0.15, 0.2) is 0 Å². The number of nitrogens with zero attached hydrogens (tertiary/aromatic N) is 1. The zero-order valence-electron chi connectivity index (χ0n) is 15.2. The molecule has 0 saturated heterocycles. The fraction of sp³-hybridized carbons (Fsp3) is 0.941. The van der Waals surface area contributed by atoms with Crippen molar-refractivity contribution in [1.29, 1.82) is 0 Å². The third-order valence-electron chi connectivity index (χ3n) is 5.31. The molecule has 0 aromatic heterocycles. The van der Waals surface area contributed by atoms with Gasteiger partial charge in [0.1, 0.15) is 0 Å². The Bertz CT molecular complexity index is 325. The van der Waals surface area contributed by atoms with Gasteiger partial charge in [0.15, 0.2) is 0 Å². The number of carbonyl (C=O) groups excluding carboxylic acids is 1. The van der Waals surface area contributed by atoms with Crippen LogP contribution < -0.4 is 5.32 Å². The molecule has 0 aliphatic carbocycles. The SMILES string of the molecule is CCC(C)(CC(C)(CC)N(C)C)NC(=O)C(C)(C)CC. The Kier molecular flexibility index (Phi) is 6.73. The molecule has 3 nitrogen and oxygen atoms in total. The highest BCUT2D eigenvalue weighted by Gasteiger charge is 2.38. The molecule has 0 heterocycles. The molecule has 0 rings (SSSR count). The zero-order chi connectivity index (χ0) is 16.2. The van der Waals surface area contributed by atoms with Gasteiger partial charge in [-0.1, -0.05) is 34.6 Å². The normalized spacial score (nSPS) is 18.5. The molecule has 0 radical (unpaired) electrons. The quantitative estimate of drug-likeness (QED) is 0.734. The summed E-state index contributed by atoms with van der Waals surface area (Å²) in [5.41, 5.74) is -0.343. The van der Waals surface area contributed by atoms with Crippen molar-refractivity contribution in [3.8, 4) is 0 Å². The van der Waals surface area contributed by atoms with E-state index in [1.54, 1.807) is 0 Å².